The van der Waals surface area contributed by atoms with Crippen LogP contribution in [0.2, 0.25) is 0 Å². The molecule has 1 spiro atoms. The predicted molar refractivity (Wildman–Crippen MR) is 70.1 cm³/mol. The highest BCUT2D eigenvalue weighted by Gasteiger charge is 2.52. The zero-order valence-electron chi connectivity index (χ0n) is 11.2. The van der Waals surface area contributed by atoms with Gasteiger partial charge in [-0.05, 0) is 19.0 Å². The van der Waals surface area contributed by atoms with Gasteiger partial charge in [0.05, 0.1) is 13.7 Å². The maximum absolute atomic E-state index is 12.5. The first kappa shape index (κ1) is 12.9. The number of imide groups is 1. The Balaban J connectivity index is 1.84. The van der Waals surface area contributed by atoms with Gasteiger partial charge in [-0.25, -0.2) is 9.78 Å². The first-order chi connectivity index (χ1) is 9.66. The highest BCUT2D eigenvalue weighted by molar-refractivity contribution is 6.07. The molecule has 7 nitrogen and oxygen atoms in total. The van der Waals surface area contributed by atoms with Gasteiger partial charge < -0.3 is 15.4 Å². The minimum absolute atomic E-state index is 0.170. The van der Waals surface area contributed by atoms with E-state index in [4.69, 9.17) is 4.74 Å². The molecule has 3 rings (SSSR count). The minimum atomic E-state index is -0.771. The van der Waals surface area contributed by atoms with Crippen LogP contribution in [0.1, 0.15) is 12.0 Å². The summed E-state index contributed by atoms with van der Waals surface area (Å²) < 4.78 is 5.15. The van der Waals surface area contributed by atoms with Crippen molar-refractivity contribution in [2.45, 2.75) is 18.5 Å². The van der Waals surface area contributed by atoms with E-state index in [2.05, 4.69) is 15.6 Å². The third-order valence-corrected chi connectivity index (χ3v) is 3.77. The monoisotopic (exact) mass is 276 g/mol. The zero-order chi connectivity index (χ0) is 14.2. The summed E-state index contributed by atoms with van der Waals surface area (Å²) in [5.41, 5.74) is -0.0616. The highest BCUT2D eigenvalue weighted by atomic mass is 16.5. The van der Waals surface area contributed by atoms with E-state index in [0.717, 1.165) is 6.54 Å². The fraction of sp³-hybridized carbons (Fsp3) is 0.462. The summed E-state index contributed by atoms with van der Waals surface area (Å²) in [5.74, 6) is 0.247. The summed E-state index contributed by atoms with van der Waals surface area (Å²) in [6.45, 7) is 1.39. The van der Waals surface area contributed by atoms with Gasteiger partial charge in [-0.3, -0.25) is 9.69 Å². The van der Waals surface area contributed by atoms with E-state index in [-0.39, 0.29) is 18.5 Å². The van der Waals surface area contributed by atoms with Gasteiger partial charge >= 0.3 is 6.03 Å². The molecule has 2 aliphatic heterocycles. The smallest absolute Gasteiger partial charge is 0.325 e. The van der Waals surface area contributed by atoms with Crippen molar-refractivity contribution in [3.8, 4) is 5.88 Å². The van der Waals surface area contributed by atoms with Gasteiger partial charge in [0.2, 0.25) is 5.88 Å². The van der Waals surface area contributed by atoms with Gasteiger partial charge in [-0.15, -0.1) is 0 Å². The third-order valence-electron chi connectivity index (χ3n) is 3.77. The number of rotatable bonds is 3. The van der Waals surface area contributed by atoms with Crippen molar-refractivity contribution in [2.75, 3.05) is 20.2 Å². The summed E-state index contributed by atoms with van der Waals surface area (Å²) in [4.78, 5) is 29.8. The molecular formula is C13H16N4O3. The molecule has 1 aromatic rings. The molecule has 0 saturated carbocycles. The summed E-state index contributed by atoms with van der Waals surface area (Å²) in [7, 11) is 1.51. The number of pyridine rings is 1. The van der Waals surface area contributed by atoms with Gasteiger partial charge in [0.1, 0.15) is 5.54 Å². The number of hydrogen-bond acceptors (Lipinski definition) is 5. The molecule has 2 aliphatic rings. The van der Waals surface area contributed by atoms with Crippen molar-refractivity contribution >= 4 is 11.9 Å². The van der Waals surface area contributed by atoms with Crippen molar-refractivity contribution < 1.29 is 14.3 Å². The molecule has 3 amide bonds. The summed E-state index contributed by atoms with van der Waals surface area (Å²) in [6.07, 6.45) is 2.23. The fourth-order valence-electron chi connectivity index (χ4n) is 2.70. The number of carbonyl (C=O) groups is 2. The second-order valence-electron chi connectivity index (χ2n) is 5.00. The first-order valence-corrected chi connectivity index (χ1v) is 6.49. The minimum Gasteiger partial charge on any atom is -0.481 e. The summed E-state index contributed by atoms with van der Waals surface area (Å²) in [6, 6.07) is 3.19. The number of ether oxygens (including phenoxy) is 1. The molecule has 0 radical (unpaired) electrons. The van der Waals surface area contributed by atoms with Crippen LogP contribution in [0.15, 0.2) is 18.3 Å². The Labute approximate surface area is 116 Å². The van der Waals surface area contributed by atoms with Crippen LogP contribution in [0.4, 0.5) is 4.79 Å². The van der Waals surface area contributed by atoms with Gasteiger partial charge in [0, 0.05) is 18.3 Å². The quantitative estimate of drug-likeness (QED) is 0.752. The molecular weight excluding hydrogens is 260 g/mol. The van der Waals surface area contributed by atoms with Crippen LogP contribution >= 0.6 is 0 Å². The Morgan fingerprint density at radius 3 is 3.05 bits per heavy atom. The molecule has 20 heavy (non-hydrogen) atoms. The van der Waals surface area contributed by atoms with Gasteiger partial charge in [0.15, 0.2) is 0 Å². The maximum Gasteiger partial charge on any atom is 0.325 e. The Hall–Kier alpha value is -2.15. The number of methoxy groups -OCH3 is 1. The molecule has 2 N–H and O–H groups in total. The van der Waals surface area contributed by atoms with E-state index in [1.54, 1.807) is 18.3 Å². The number of hydrogen-bond donors (Lipinski definition) is 2. The lowest BCUT2D eigenvalue weighted by Gasteiger charge is -2.19. The molecule has 1 unspecified atom stereocenters. The average Bonchev–Trinajstić information content (AvgIpc) is 3.01. The number of nitrogens with one attached hydrogen (secondary N) is 2. The lowest BCUT2D eigenvalue weighted by molar-refractivity contribution is -0.131. The van der Waals surface area contributed by atoms with Crippen LogP contribution in [0.25, 0.3) is 0 Å². The molecule has 1 atom stereocenters. The average molecular weight is 276 g/mol. The number of amides is 3. The molecule has 0 bridgehead atoms. The highest BCUT2D eigenvalue weighted by Crippen LogP contribution is 2.27. The number of nitrogens with zero attached hydrogens (tertiary/aromatic N) is 2. The van der Waals surface area contributed by atoms with Crippen molar-refractivity contribution in [3.05, 3.63) is 23.9 Å². The number of urea groups is 1. The molecule has 0 aromatic carbocycles. The van der Waals surface area contributed by atoms with Gasteiger partial charge in [0.25, 0.3) is 5.91 Å². The molecule has 106 valence electrons. The van der Waals surface area contributed by atoms with Crippen molar-refractivity contribution in [3.63, 3.8) is 0 Å². The largest absolute Gasteiger partial charge is 0.481 e. The standard InChI is InChI=1S/C13H16N4O3/c1-20-10-9(3-2-5-15-10)7-17-11(18)13(16-12(17)19)4-6-14-8-13/h2-3,5,14H,4,6-8H2,1H3,(H,16,19). The van der Waals surface area contributed by atoms with E-state index < -0.39 is 5.54 Å². The Morgan fingerprint density at radius 1 is 1.50 bits per heavy atom. The number of carbonyl (C=O) groups excluding carboxylic acids is 2. The predicted octanol–water partition coefficient (Wildman–Crippen LogP) is -0.126. The van der Waals surface area contributed by atoms with Gasteiger partial charge in [-0.2, -0.15) is 0 Å². The zero-order valence-corrected chi connectivity index (χ0v) is 11.2. The number of aromatic nitrogens is 1. The van der Waals surface area contributed by atoms with Gasteiger partial charge in [-0.1, -0.05) is 6.07 Å². The molecule has 0 aliphatic carbocycles. The van der Waals surface area contributed by atoms with E-state index in [0.29, 0.717) is 24.4 Å². The Morgan fingerprint density at radius 2 is 2.35 bits per heavy atom. The van der Waals surface area contributed by atoms with Crippen LogP contribution in [-0.2, 0) is 11.3 Å². The van der Waals surface area contributed by atoms with Crippen LogP contribution in [0.5, 0.6) is 5.88 Å². The molecule has 2 fully saturated rings. The van der Waals surface area contributed by atoms with Crippen LogP contribution in [-0.4, -0.2) is 47.6 Å². The normalized spacial score (nSPS) is 25.4. The van der Waals surface area contributed by atoms with Crippen molar-refractivity contribution in [2.24, 2.45) is 0 Å². The summed E-state index contributed by atoms with van der Waals surface area (Å²) in [5, 5.41) is 5.91. The van der Waals surface area contributed by atoms with E-state index in [9.17, 15) is 9.59 Å². The lowest BCUT2D eigenvalue weighted by Crippen LogP contribution is -2.48. The third kappa shape index (κ3) is 1.90. The van der Waals surface area contributed by atoms with Crippen LogP contribution < -0.4 is 15.4 Å². The second-order valence-corrected chi connectivity index (χ2v) is 5.00. The second kappa shape index (κ2) is 4.75. The van der Waals surface area contributed by atoms with E-state index in [1.807, 2.05) is 0 Å². The van der Waals surface area contributed by atoms with Crippen LogP contribution in [0, 0.1) is 0 Å². The molecule has 3 heterocycles. The molecule has 1 aromatic heterocycles. The lowest BCUT2D eigenvalue weighted by atomic mass is 9.99. The fourth-order valence-corrected chi connectivity index (χ4v) is 2.70. The Bertz CT molecular complexity index is 554. The Kier molecular flexibility index (Phi) is 3.06. The van der Waals surface area contributed by atoms with E-state index >= 15 is 0 Å². The topological polar surface area (TPSA) is 83.6 Å². The molecule has 7 heteroatoms. The van der Waals surface area contributed by atoms with Crippen molar-refractivity contribution in [1.82, 2.24) is 20.5 Å². The van der Waals surface area contributed by atoms with Crippen LogP contribution in [0.3, 0.4) is 0 Å². The van der Waals surface area contributed by atoms with E-state index in [1.165, 1.54) is 12.0 Å². The molecule has 2 saturated heterocycles. The maximum atomic E-state index is 12.5. The van der Waals surface area contributed by atoms with Crippen molar-refractivity contribution in [1.29, 1.82) is 0 Å². The summed E-state index contributed by atoms with van der Waals surface area (Å²) >= 11 is 0. The first-order valence-electron chi connectivity index (χ1n) is 6.49. The SMILES string of the molecule is COc1ncccc1CN1C(=O)NC2(CCNC2)C1=O.